The van der Waals surface area contributed by atoms with Gasteiger partial charge in [-0.2, -0.15) is 0 Å². The van der Waals surface area contributed by atoms with Gasteiger partial charge in [-0.25, -0.2) is 8.78 Å². The molecule has 0 saturated heterocycles. The maximum atomic E-state index is 12.0. The smallest absolute Gasteiger partial charge is 0.242 e. The Morgan fingerprint density at radius 3 is 2.30 bits per heavy atom. The summed E-state index contributed by atoms with van der Waals surface area (Å²) < 4.78 is 24.0. The molecule has 2 N–H and O–H groups in total. The number of rotatable bonds is 4. The summed E-state index contributed by atoms with van der Waals surface area (Å²) in [6, 6.07) is 0. The Balaban J connectivity index is 2.17. The van der Waals surface area contributed by atoms with Crippen molar-refractivity contribution >= 4 is 0 Å². The molecule has 0 radical (unpaired) electrons. The van der Waals surface area contributed by atoms with Crippen LogP contribution in [0.15, 0.2) is 0 Å². The topological polar surface area (TPSA) is 26.0 Å². The molecular weight excluding hydrogens is 136 g/mol. The van der Waals surface area contributed by atoms with Crippen molar-refractivity contribution in [1.82, 2.24) is 0 Å². The van der Waals surface area contributed by atoms with Crippen LogP contribution in [0.3, 0.4) is 0 Å². The van der Waals surface area contributed by atoms with E-state index in [1.165, 1.54) is 0 Å². The highest BCUT2D eigenvalue weighted by molar-refractivity contribution is 4.78. The van der Waals surface area contributed by atoms with E-state index in [9.17, 15) is 8.78 Å². The molecule has 1 fully saturated rings. The van der Waals surface area contributed by atoms with Crippen molar-refractivity contribution in [1.29, 1.82) is 0 Å². The molecule has 1 unspecified atom stereocenters. The molecule has 0 aromatic carbocycles. The van der Waals surface area contributed by atoms with Crippen LogP contribution in [0.5, 0.6) is 0 Å². The van der Waals surface area contributed by atoms with E-state index in [2.05, 4.69) is 0 Å². The summed E-state index contributed by atoms with van der Waals surface area (Å²) in [5, 5.41) is 0. The van der Waals surface area contributed by atoms with Crippen molar-refractivity contribution in [3.8, 4) is 0 Å². The average Bonchev–Trinajstić information content (AvgIpc) is 2.64. The normalized spacial score (nSPS) is 21.6. The van der Waals surface area contributed by atoms with Gasteiger partial charge in [-0.1, -0.05) is 12.8 Å². The van der Waals surface area contributed by atoms with Gasteiger partial charge in [-0.15, -0.1) is 0 Å². The maximum absolute atomic E-state index is 12.0. The fourth-order valence-corrected chi connectivity index (χ4v) is 1.08. The molecule has 3 heteroatoms. The summed E-state index contributed by atoms with van der Waals surface area (Å²) in [6.45, 7) is 0.133. The first kappa shape index (κ1) is 7.92. The fraction of sp³-hybridized carbons (Fsp3) is 1.00. The maximum Gasteiger partial charge on any atom is 0.242 e. The molecule has 0 heterocycles. The summed E-state index contributed by atoms with van der Waals surface area (Å²) in [4.78, 5) is 0. The average molecular weight is 149 g/mol. The summed E-state index contributed by atoms with van der Waals surface area (Å²) in [5.41, 5.74) is 5.17. The zero-order chi connectivity index (χ0) is 7.56. The summed E-state index contributed by atoms with van der Waals surface area (Å²) >= 11 is 0. The van der Waals surface area contributed by atoms with Gasteiger partial charge in [0.15, 0.2) is 0 Å². The molecule has 10 heavy (non-hydrogen) atoms. The minimum absolute atomic E-state index is 0.133. The van der Waals surface area contributed by atoms with Gasteiger partial charge < -0.3 is 5.73 Å². The SMILES string of the molecule is NCC(CC1CC1)C(F)F. The van der Waals surface area contributed by atoms with Crippen LogP contribution in [0.4, 0.5) is 8.78 Å². The Morgan fingerprint density at radius 2 is 2.00 bits per heavy atom. The van der Waals surface area contributed by atoms with Crippen molar-refractivity contribution in [2.75, 3.05) is 6.54 Å². The Kier molecular flexibility index (Phi) is 2.60. The third kappa shape index (κ3) is 2.21. The highest BCUT2D eigenvalue weighted by Crippen LogP contribution is 2.36. The lowest BCUT2D eigenvalue weighted by Gasteiger charge is -2.11. The van der Waals surface area contributed by atoms with Gasteiger partial charge in [0.2, 0.25) is 6.43 Å². The molecular formula is C7H13F2N. The minimum Gasteiger partial charge on any atom is -0.330 e. The second-order valence-corrected chi connectivity index (χ2v) is 3.01. The lowest BCUT2D eigenvalue weighted by atomic mass is 10.0. The van der Waals surface area contributed by atoms with Gasteiger partial charge in [0.1, 0.15) is 0 Å². The zero-order valence-electron chi connectivity index (χ0n) is 5.89. The molecule has 0 amide bonds. The van der Waals surface area contributed by atoms with E-state index < -0.39 is 12.3 Å². The molecule has 1 rings (SSSR count). The van der Waals surface area contributed by atoms with E-state index >= 15 is 0 Å². The highest BCUT2D eigenvalue weighted by atomic mass is 19.3. The second-order valence-electron chi connectivity index (χ2n) is 3.01. The van der Waals surface area contributed by atoms with E-state index in [1.807, 2.05) is 0 Å². The van der Waals surface area contributed by atoms with Gasteiger partial charge in [-0.3, -0.25) is 0 Å². The Labute approximate surface area is 59.6 Å². The van der Waals surface area contributed by atoms with Gasteiger partial charge in [0.05, 0.1) is 0 Å². The van der Waals surface area contributed by atoms with E-state index in [4.69, 9.17) is 5.73 Å². The second kappa shape index (κ2) is 3.28. The number of alkyl halides is 2. The van der Waals surface area contributed by atoms with Gasteiger partial charge in [0.25, 0.3) is 0 Å². The Morgan fingerprint density at radius 1 is 1.40 bits per heavy atom. The first-order chi connectivity index (χ1) is 4.74. The van der Waals surface area contributed by atoms with E-state index in [1.54, 1.807) is 0 Å². The molecule has 1 aliphatic carbocycles. The highest BCUT2D eigenvalue weighted by Gasteiger charge is 2.29. The number of halogens is 2. The van der Waals surface area contributed by atoms with Crippen molar-refractivity contribution in [3.05, 3.63) is 0 Å². The van der Waals surface area contributed by atoms with Crippen molar-refractivity contribution in [2.45, 2.75) is 25.7 Å². The van der Waals surface area contributed by atoms with Crippen LogP contribution in [0.25, 0.3) is 0 Å². The Hall–Kier alpha value is -0.180. The molecule has 0 spiro atoms. The third-order valence-electron chi connectivity index (χ3n) is 1.99. The lowest BCUT2D eigenvalue weighted by molar-refractivity contribution is 0.0737. The van der Waals surface area contributed by atoms with Crippen LogP contribution in [-0.4, -0.2) is 13.0 Å². The molecule has 1 aliphatic rings. The van der Waals surface area contributed by atoms with Crippen LogP contribution in [0.1, 0.15) is 19.3 Å². The van der Waals surface area contributed by atoms with Crippen LogP contribution < -0.4 is 5.73 Å². The molecule has 1 nitrogen and oxygen atoms in total. The molecule has 60 valence electrons. The predicted molar refractivity (Wildman–Crippen MR) is 35.9 cm³/mol. The van der Waals surface area contributed by atoms with E-state index in [0.717, 1.165) is 12.8 Å². The van der Waals surface area contributed by atoms with Crippen LogP contribution in [0, 0.1) is 11.8 Å². The molecule has 0 aromatic rings. The van der Waals surface area contributed by atoms with Gasteiger partial charge in [0, 0.05) is 12.5 Å². The number of nitrogens with two attached hydrogens (primary N) is 1. The first-order valence-electron chi connectivity index (χ1n) is 3.72. The number of hydrogen-bond donors (Lipinski definition) is 1. The largest absolute Gasteiger partial charge is 0.330 e. The zero-order valence-corrected chi connectivity index (χ0v) is 5.89. The molecule has 0 aromatic heterocycles. The standard InChI is InChI=1S/C7H13F2N/c8-7(9)6(4-10)3-5-1-2-5/h5-7H,1-4,10H2. The quantitative estimate of drug-likeness (QED) is 0.645. The summed E-state index contributed by atoms with van der Waals surface area (Å²) in [7, 11) is 0. The molecule has 1 atom stereocenters. The number of hydrogen-bond acceptors (Lipinski definition) is 1. The van der Waals surface area contributed by atoms with Crippen molar-refractivity contribution in [2.24, 2.45) is 17.6 Å². The van der Waals surface area contributed by atoms with Crippen molar-refractivity contribution in [3.63, 3.8) is 0 Å². The third-order valence-corrected chi connectivity index (χ3v) is 1.99. The summed E-state index contributed by atoms with van der Waals surface area (Å²) in [6.07, 6.45) is 0.672. The van der Waals surface area contributed by atoms with E-state index in [0.29, 0.717) is 12.3 Å². The van der Waals surface area contributed by atoms with Crippen LogP contribution in [-0.2, 0) is 0 Å². The first-order valence-corrected chi connectivity index (χ1v) is 3.72. The van der Waals surface area contributed by atoms with Crippen LogP contribution in [0.2, 0.25) is 0 Å². The van der Waals surface area contributed by atoms with Crippen LogP contribution >= 0.6 is 0 Å². The monoisotopic (exact) mass is 149 g/mol. The lowest BCUT2D eigenvalue weighted by Crippen LogP contribution is -2.22. The molecule has 0 bridgehead atoms. The van der Waals surface area contributed by atoms with Gasteiger partial charge >= 0.3 is 0 Å². The van der Waals surface area contributed by atoms with Gasteiger partial charge in [-0.05, 0) is 12.3 Å². The minimum atomic E-state index is -2.22. The summed E-state index contributed by atoms with van der Waals surface area (Å²) in [5.74, 6) is 0.00931. The van der Waals surface area contributed by atoms with Crippen molar-refractivity contribution < 1.29 is 8.78 Å². The fourth-order valence-electron chi connectivity index (χ4n) is 1.08. The molecule has 0 aliphatic heterocycles. The van der Waals surface area contributed by atoms with E-state index in [-0.39, 0.29) is 6.54 Å². The predicted octanol–water partition coefficient (Wildman–Crippen LogP) is 1.63. The Bertz CT molecular complexity index is 102. The molecule has 1 saturated carbocycles.